The summed E-state index contributed by atoms with van der Waals surface area (Å²) in [6, 6.07) is 5.21. The predicted molar refractivity (Wildman–Crippen MR) is 57.1 cm³/mol. The number of primary amides is 1. The van der Waals surface area contributed by atoms with Crippen LogP contribution < -0.4 is 5.73 Å². The molecule has 0 spiro atoms. The summed E-state index contributed by atoms with van der Waals surface area (Å²) in [6.07, 6.45) is 0. The number of nitrogens with zero attached hydrogens (tertiary/aromatic N) is 1. The van der Waals surface area contributed by atoms with E-state index in [1.807, 2.05) is 0 Å². The van der Waals surface area contributed by atoms with E-state index < -0.39 is 17.4 Å². The molecule has 0 aromatic carbocycles. The smallest absolute Gasteiger partial charge is 0.226 e. The molecular weight excluding hydrogens is 192 g/mol. The van der Waals surface area contributed by atoms with Crippen molar-refractivity contribution < 1.29 is 9.90 Å². The second-order valence-electron chi connectivity index (χ2n) is 4.13. The first-order valence-corrected chi connectivity index (χ1v) is 4.81. The monoisotopic (exact) mass is 208 g/mol. The van der Waals surface area contributed by atoms with E-state index in [-0.39, 0.29) is 0 Å². The third-order valence-corrected chi connectivity index (χ3v) is 2.27. The lowest BCUT2D eigenvalue weighted by atomic mass is 10.0. The van der Waals surface area contributed by atoms with E-state index in [4.69, 9.17) is 5.73 Å². The average Bonchev–Trinajstić information content (AvgIpc) is 2.15. The van der Waals surface area contributed by atoms with Crippen molar-refractivity contribution in [2.45, 2.75) is 32.3 Å². The van der Waals surface area contributed by atoms with Gasteiger partial charge >= 0.3 is 0 Å². The zero-order valence-electron chi connectivity index (χ0n) is 9.19. The van der Waals surface area contributed by atoms with Crippen molar-refractivity contribution in [3.8, 4) is 0 Å². The highest BCUT2D eigenvalue weighted by molar-refractivity contribution is 5.80. The van der Waals surface area contributed by atoms with Gasteiger partial charge in [0, 0.05) is 0 Å². The zero-order chi connectivity index (χ0) is 11.6. The van der Waals surface area contributed by atoms with Gasteiger partial charge in [-0.25, -0.2) is 0 Å². The van der Waals surface area contributed by atoms with Gasteiger partial charge in [-0.15, -0.1) is 0 Å². The Bertz CT molecular complexity index is 369. The lowest BCUT2D eigenvalue weighted by Gasteiger charge is -2.18. The van der Waals surface area contributed by atoms with Crippen molar-refractivity contribution in [1.29, 1.82) is 0 Å². The van der Waals surface area contributed by atoms with Crippen LogP contribution in [0.4, 0.5) is 0 Å². The summed E-state index contributed by atoms with van der Waals surface area (Å²) in [6.45, 7) is 4.99. The highest BCUT2D eigenvalue weighted by Gasteiger charge is 2.20. The number of nitrogens with two attached hydrogens (primary N) is 1. The molecule has 1 atom stereocenters. The third-order valence-electron chi connectivity index (χ3n) is 2.27. The van der Waals surface area contributed by atoms with E-state index in [0.29, 0.717) is 11.4 Å². The van der Waals surface area contributed by atoms with Gasteiger partial charge in [-0.05, 0) is 32.9 Å². The predicted octanol–water partition coefficient (Wildman–Crippen LogP) is 0.898. The number of aromatic nitrogens is 1. The molecule has 4 nitrogen and oxygen atoms in total. The molecule has 3 N–H and O–H groups in total. The summed E-state index contributed by atoms with van der Waals surface area (Å²) < 4.78 is 0. The fraction of sp³-hybridized carbons (Fsp3) is 0.455. The summed E-state index contributed by atoms with van der Waals surface area (Å²) >= 11 is 0. The Morgan fingerprint density at radius 3 is 2.60 bits per heavy atom. The first-order valence-electron chi connectivity index (χ1n) is 4.81. The highest BCUT2D eigenvalue weighted by Crippen LogP contribution is 2.20. The maximum atomic E-state index is 11.0. The molecule has 15 heavy (non-hydrogen) atoms. The topological polar surface area (TPSA) is 76.2 Å². The number of amides is 1. The van der Waals surface area contributed by atoms with Crippen LogP contribution in [0.25, 0.3) is 0 Å². The van der Waals surface area contributed by atoms with Crippen LogP contribution in [0.2, 0.25) is 0 Å². The molecule has 4 heteroatoms. The molecule has 1 aromatic rings. The van der Waals surface area contributed by atoms with Crippen molar-refractivity contribution in [3.05, 3.63) is 29.6 Å². The minimum absolute atomic E-state index is 0.421. The Balaban J connectivity index is 3.08. The molecule has 0 saturated heterocycles. The van der Waals surface area contributed by atoms with Crippen molar-refractivity contribution >= 4 is 5.91 Å². The second-order valence-corrected chi connectivity index (χ2v) is 4.13. The summed E-state index contributed by atoms with van der Waals surface area (Å²) in [5.74, 6) is -0.859. The molecule has 1 amide bonds. The summed E-state index contributed by atoms with van der Waals surface area (Å²) in [5.41, 5.74) is 5.30. The first kappa shape index (κ1) is 11.7. The molecule has 1 rings (SSSR count). The molecule has 0 aliphatic heterocycles. The van der Waals surface area contributed by atoms with E-state index in [2.05, 4.69) is 4.98 Å². The van der Waals surface area contributed by atoms with Crippen LogP contribution in [0, 0.1) is 0 Å². The van der Waals surface area contributed by atoms with Gasteiger partial charge in [-0.2, -0.15) is 0 Å². The average molecular weight is 208 g/mol. The molecule has 82 valence electrons. The minimum Gasteiger partial charge on any atom is -0.384 e. The fourth-order valence-electron chi connectivity index (χ4n) is 1.18. The lowest BCUT2D eigenvalue weighted by Crippen LogP contribution is -2.22. The first-order chi connectivity index (χ1) is 6.82. The summed E-state index contributed by atoms with van der Waals surface area (Å²) in [4.78, 5) is 15.2. The van der Waals surface area contributed by atoms with E-state index in [1.165, 1.54) is 0 Å². The number of aliphatic hydroxyl groups is 1. The van der Waals surface area contributed by atoms with Crippen LogP contribution in [-0.2, 0) is 10.4 Å². The Morgan fingerprint density at radius 2 is 2.13 bits per heavy atom. The number of hydrogen-bond acceptors (Lipinski definition) is 3. The molecular formula is C11H16N2O2. The van der Waals surface area contributed by atoms with Crippen molar-refractivity contribution in [1.82, 2.24) is 4.98 Å². The molecule has 0 bridgehead atoms. The quantitative estimate of drug-likeness (QED) is 0.774. The molecule has 0 aliphatic carbocycles. The normalized spacial score (nSPS) is 13.6. The lowest BCUT2D eigenvalue weighted by molar-refractivity contribution is -0.119. The van der Waals surface area contributed by atoms with Gasteiger partial charge in [0.15, 0.2) is 0 Å². The van der Waals surface area contributed by atoms with Crippen molar-refractivity contribution in [2.75, 3.05) is 0 Å². The Kier molecular flexibility index (Phi) is 3.09. The Morgan fingerprint density at radius 1 is 1.53 bits per heavy atom. The number of pyridine rings is 1. The number of carbonyl (C=O) groups is 1. The fourth-order valence-corrected chi connectivity index (χ4v) is 1.18. The summed E-state index contributed by atoms with van der Waals surface area (Å²) in [7, 11) is 0. The highest BCUT2D eigenvalue weighted by atomic mass is 16.3. The van der Waals surface area contributed by atoms with Gasteiger partial charge in [0.05, 0.1) is 17.3 Å². The van der Waals surface area contributed by atoms with Crippen LogP contribution in [0.15, 0.2) is 18.2 Å². The van der Waals surface area contributed by atoms with Gasteiger partial charge in [-0.1, -0.05) is 6.07 Å². The maximum absolute atomic E-state index is 11.0. The van der Waals surface area contributed by atoms with Gasteiger partial charge in [-0.3, -0.25) is 9.78 Å². The van der Waals surface area contributed by atoms with Crippen molar-refractivity contribution in [2.24, 2.45) is 5.73 Å². The van der Waals surface area contributed by atoms with Crippen LogP contribution in [0.3, 0.4) is 0 Å². The van der Waals surface area contributed by atoms with E-state index in [1.54, 1.807) is 39.0 Å². The Labute approximate surface area is 89.1 Å². The second kappa shape index (κ2) is 3.98. The van der Waals surface area contributed by atoms with Crippen molar-refractivity contribution in [3.63, 3.8) is 0 Å². The zero-order valence-corrected chi connectivity index (χ0v) is 9.19. The molecule has 0 aliphatic rings. The van der Waals surface area contributed by atoms with Crippen LogP contribution in [0.1, 0.15) is 38.1 Å². The van der Waals surface area contributed by atoms with E-state index >= 15 is 0 Å². The molecule has 0 saturated carbocycles. The molecule has 1 unspecified atom stereocenters. The largest absolute Gasteiger partial charge is 0.384 e. The van der Waals surface area contributed by atoms with Gasteiger partial charge < -0.3 is 10.8 Å². The van der Waals surface area contributed by atoms with E-state index in [9.17, 15) is 9.90 Å². The molecule has 0 fully saturated rings. The molecule has 0 radical (unpaired) electrons. The number of hydrogen-bond donors (Lipinski definition) is 2. The Hall–Kier alpha value is -1.42. The number of rotatable bonds is 3. The standard InChI is InChI=1S/C11H16N2O2/c1-7(10(12)14)8-5-4-6-9(13-8)11(2,3)15/h4-7,15H,1-3H3,(H2,12,14). The summed E-state index contributed by atoms with van der Waals surface area (Å²) in [5, 5.41) is 9.76. The minimum atomic E-state index is -1.01. The molecule has 1 heterocycles. The van der Waals surface area contributed by atoms with Gasteiger partial charge in [0.25, 0.3) is 0 Å². The third kappa shape index (κ3) is 2.76. The van der Waals surface area contributed by atoms with Gasteiger partial charge in [0.2, 0.25) is 5.91 Å². The number of carbonyl (C=O) groups excluding carboxylic acids is 1. The van der Waals surface area contributed by atoms with Crippen LogP contribution in [-0.4, -0.2) is 16.0 Å². The maximum Gasteiger partial charge on any atom is 0.226 e. The SMILES string of the molecule is CC(C(N)=O)c1cccc(C(C)(C)O)n1. The van der Waals surface area contributed by atoms with E-state index in [0.717, 1.165) is 0 Å². The van der Waals surface area contributed by atoms with Crippen LogP contribution >= 0.6 is 0 Å². The van der Waals surface area contributed by atoms with Gasteiger partial charge in [0.1, 0.15) is 5.60 Å². The van der Waals surface area contributed by atoms with Crippen LogP contribution in [0.5, 0.6) is 0 Å². The molecule has 1 aromatic heterocycles.